The number of rotatable bonds is 3. The van der Waals surface area contributed by atoms with Crippen molar-refractivity contribution < 1.29 is 0 Å². The van der Waals surface area contributed by atoms with Crippen molar-refractivity contribution in [3.63, 3.8) is 0 Å². The van der Waals surface area contributed by atoms with Crippen LogP contribution < -0.4 is 10.2 Å². The van der Waals surface area contributed by atoms with Gasteiger partial charge < -0.3 is 10.2 Å². The number of anilines is 1. The minimum absolute atomic E-state index is 0.525. The summed E-state index contributed by atoms with van der Waals surface area (Å²) in [5.74, 6) is 0.840. The molecule has 2 aromatic rings. The third-order valence-electron chi connectivity index (χ3n) is 3.30. The van der Waals surface area contributed by atoms with Gasteiger partial charge in [0.05, 0.1) is 0 Å². The number of nitrogens with one attached hydrogen (secondary N) is 1. The molecule has 17 heavy (non-hydrogen) atoms. The van der Waals surface area contributed by atoms with Crippen LogP contribution in [-0.2, 0) is 0 Å². The lowest BCUT2D eigenvalue weighted by molar-refractivity contribution is 0.631. The lowest BCUT2D eigenvalue weighted by Crippen LogP contribution is -2.37. The molecule has 2 aromatic heterocycles. The zero-order valence-corrected chi connectivity index (χ0v) is 10.0. The van der Waals surface area contributed by atoms with Crippen LogP contribution in [0.15, 0.2) is 24.4 Å². The molecule has 1 atom stereocenters. The standard InChI is InChI=1S/C12H17N5/c1-2-16(10-6-7-13-9-10)12-14-11-5-3-4-8-17(11)15-12/h3-5,8,10,13H,2,6-7,9H2,1H3. The first-order valence-corrected chi connectivity index (χ1v) is 6.17. The molecule has 90 valence electrons. The monoisotopic (exact) mass is 231 g/mol. The molecule has 0 amide bonds. The van der Waals surface area contributed by atoms with E-state index in [0.717, 1.165) is 31.2 Å². The predicted octanol–water partition coefficient (Wildman–Crippen LogP) is 0.917. The summed E-state index contributed by atoms with van der Waals surface area (Å²) in [6, 6.07) is 6.47. The normalized spacial score (nSPS) is 19.9. The highest BCUT2D eigenvalue weighted by Crippen LogP contribution is 2.16. The second-order valence-electron chi connectivity index (χ2n) is 4.35. The van der Waals surface area contributed by atoms with E-state index in [1.54, 1.807) is 0 Å². The molecular formula is C12H17N5. The Hall–Kier alpha value is -1.62. The van der Waals surface area contributed by atoms with E-state index < -0.39 is 0 Å². The topological polar surface area (TPSA) is 45.5 Å². The average molecular weight is 231 g/mol. The first kappa shape index (κ1) is 10.5. The van der Waals surface area contributed by atoms with Gasteiger partial charge >= 0.3 is 0 Å². The van der Waals surface area contributed by atoms with Crippen LogP contribution >= 0.6 is 0 Å². The van der Waals surface area contributed by atoms with Crippen molar-refractivity contribution in [3.8, 4) is 0 Å². The van der Waals surface area contributed by atoms with Crippen LogP contribution in [0.1, 0.15) is 13.3 Å². The molecule has 0 saturated carbocycles. The molecule has 1 fully saturated rings. The van der Waals surface area contributed by atoms with Gasteiger partial charge in [-0.1, -0.05) is 6.07 Å². The molecule has 1 N–H and O–H groups in total. The fraction of sp³-hybridized carbons (Fsp3) is 0.500. The Bertz CT molecular complexity index is 467. The van der Waals surface area contributed by atoms with E-state index in [1.807, 2.05) is 28.9 Å². The summed E-state index contributed by atoms with van der Waals surface area (Å²) in [5, 5.41) is 7.92. The second-order valence-corrected chi connectivity index (χ2v) is 4.35. The summed E-state index contributed by atoms with van der Waals surface area (Å²) in [4.78, 5) is 6.86. The minimum atomic E-state index is 0.525. The smallest absolute Gasteiger partial charge is 0.245 e. The third-order valence-corrected chi connectivity index (χ3v) is 3.30. The van der Waals surface area contributed by atoms with Crippen LogP contribution in [0.5, 0.6) is 0 Å². The van der Waals surface area contributed by atoms with Crippen molar-refractivity contribution in [1.29, 1.82) is 0 Å². The molecule has 1 unspecified atom stereocenters. The molecule has 3 rings (SSSR count). The molecule has 0 aromatic carbocycles. The Labute approximate surface area is 100 Å². The summed E-state index contributed by atoms with van der Waals surface area (Å²) in [7, 11) is 0. The van der Waals surface area contributed by atoms with E-state index in [1.165, 1.54) is 6.42 Å². The number of fused-ring (bicyclic) bond motifs is 1. The molecule has 1 aliphatic rings. The number of hydrogen-bond acceptors (Lipinski definition) is 4. The van der Waals surface area contributed by atoms with E-state index in [0.29, 0.717) is 6.04 Å². The van der Waals surface area contributed by atoms with Gasteiger partial charge in [0, 0.05) is 25.3 Å². The van der Waals surface area contributed by atoms with E-state index in [9.17, 15) is 0 Å². The molecule has 1 saturated heterocycles. The zero-order chi connectivity index (χ0) is 11.7. The highest BCUT2D eigenvalue weighted by Gasteiger charge is 2.24. The van der Waals surface area contributed by atoms with Crippen molar-refractivity contribution >= 4 is 11.6 Å². The van der Waals surface area contributed by atoms with Gasteiger partial charge in [-0.05, 0) is 32.0 Å². The Kier molecular flexibility index (Phi) is 2.68. The van der Waals surface area contributed by atoms with Gasteiger partial charge in [-0.15, -0.1) is 5.10 Å². The van der Waals surface area contributed by atoms with E-state index in [2.05, 4.69) is 27.2 Å². The Morgan fingerprint density at radius 3 is 3.18 bits per heavy atom. The minimum Gasteiger partial charge on any atom is -0.335 e. The highest BCUT2D eigenvalue weighted by atomic mass is 15.4. The van der Waals surface area contributed by atoms with Crippen LogP contribution in [0.25, 0.3) is 5.65 Å². The summed E-state index contributed by atoms with van der Waals surface area (Å²) in [6.07, 6.45) is 3.11. The maximum absolute atomic E-state index is 4.58. The number of nitrogens with zero attached hydrogens (tertiary/aromatic N) is 4. The highest BCUT2D eigenvalue weighted by molar-refractivity contribution is 5.45. The van der Waals surface area contributed by atoms with Crippen molar-refractivity contribution in [2.24, 2.45) is 0 Å². The molecule has 0 radical (unpaired) electrons. The molecule has 5 nitrogen and oxygen atoms in total. The van der Waals surface area contributed by atoms with E-state index >= 15 is 0 Å². The maximum atomic E-state index is 4.58. The van der Waals surface area contributed by atoms with Crippen LogP contribution in [0, 0.1) is 0 Å². The number of hydrogen-bond donors (Lipinski definition) is 1. The van der Waals surface area contributed by atoms with Crippen LogP contribution in [-0.4, -0.2) is 40.3 Å². The Morgan fingerprint density at radius 2 is 2.47 bits per heavy atom. The Balaban J connectivity index is 1.94. The molecular weight excluding hydrogens is 214 g/mol. The number of likely N-dealkylation sites (N-methyl/N-ethyl adjacent to an activating group) is 1. The van der Waals surface area contributed by atoms with Crippen LogP contribution in [0.2, 0.25) is 0 Å². The summed E-state index contributed by atoms with van der Waals surface area (Å²) >= 11 is 0. The lowest BCUT2D eigenvalue weighted by Gasteiger charge is -2.25. The third kappa shape index (κ3) is 1.86. The van der Waals surface area contributed by atoms with Gasteiger partial charge in [-0.2, -0.15) is 4.98 Å². The van der Waals surface area contributed by atoms with E-state index in [4.69, 9.17) is 0 Å². The zero-order valence-electron chi connectivity index (χ0n) is 10.0. The average Bonchev–Trinajstić information content (AvgIpc) is 2.98. The summed E-state index contributed by atoms with van der Waals surface area (Å²) in [5.41, 5.74) is 0.909. The van der Waals surface area contributed by atoms with Crippen LogP contribution in [0.3, 0.4) is 0 Å². The molecule has 0 spiro atoms. The fourth-order valence-electron chi connectivity index (χ4n) is 2.41. The SMILES string of the molecule is CCN(c1nc2ccccn2n1)C1CCNC1. The number of pyridine rings is 1. The van der Waals surface area contributed by atoms with Crippen molar-refractivity contribution in [1.82, 2.24) is 19.9 Å². The largest absolute Gasteiger partial charge is 0.335 e. The van der Waals surface area contributed by atoms with E-state index in [-0.39, 0.29) is 0 Å². The first-order chi connectivity index (χ1) is 8.38. The lowest BCUT2D eigenvalue weighted by atomic mass is 10.2. The molecule has 3 heterocycles. The van der Waals surface area contributed by atoms with Gasteiger partial charge in [0.25, 0.3) is 0 Å². The van der Waals surface area contributed by atoms with Gasteiger partial charge in [-0.25, -0.2) is 4.52 Å². The summed E-state index contributed by atoms with van der Waals surface area (Å²) < 4.78 is 1.83. The van der Waals surface area contributed by atoms with Gasteiger partial charge in [0.1, 0.15) is 0 Å². The fourth-order valence-corrected chi connectivity index (χ4v) is 2.41. The summed E-state index contributed by atoms with van der Waals surface area (Å²) in [6.45, 7) is 5.23. The molecule has 0 aliphatic carbocycles. The second kappa shape index (κ2) is 4.33. The van der Waals surface area contributed by atoms with Gasteiger partial charge in [0.2, 0.25) is 5.95 Å². The van der Waals surface area contributed by atoms with Crippen molar-refractivity contribution in [3.05, 3.63) is 24.4 Å². The molecule has 5 heteroatoms. The van der Waals surface area contributed by atoms with Gasteiger partial charge in [-0.3, -0.25) is 0 Å². The first-order valence-electron chi connectivity index (χ1n) is 6.17. The maximum Gasteiger partial charge on any atom is 0.245 e. The number of aromatic nitrogens is 3. The Morgan fingerprint density at radius 1 is 1.53 bits per heavy atom. The van der Waals surface area contributed by atoms with Crippen molar-refractivity contribution in [2.45, 2.75) is 19.4 Å². The van der Waals surface area contributed by atoms with Crippen LogP contribution in [0.4, 0.5) is 5.95 Å². The quantitative estimate of drug-likeness (QED) is 0.853. The predicted molar refractivity (Wildman–Crippen MR) is 67.3 cm³/mol. The molecule has 1 aliphatic heterocycles. The molecule has 0 bridgehead atoms. The van der Waals surface area contributed by atoms with Gasteiger partial charge in [0.15, 0.2) is 5.65 Å². The van der Waals surface area contributed by atoms with Crippen molar-refractivity contribution in [2.75, 3.05) is 24.5 Å².